The highest BCUT2D eigenvalue weighted by atomic mass is 16.4. The number of aromatic carboxylic acids is 1. The highest BCUT2D eigenvalue weighted by Crippen LogP contribution is 2.20. The Labute approximate surface area is 79.2 Å². The predicted molar refractivity (Wildman–Crippen MR) is 47.7 cm³/mol. The normalized spacial score (nSPS) is 10.4. The largest absolute Gasteiger partial charge is 0.478 e. The summed E-state index contributed by atoms with van der Waals surface area (Å²) < 4.78 is 1.50. The van der Waals surface area contributed by atoms with Crippen LogP contribution in [-0.2, 0) is 7.05 Å². The summed E-state index contributed by atoms with van der Waals surface area (Å²) in [6.45, 7) is 0. The number of carboxylic acid groups (broad SMARTS) is 1. The summed E-state index contributed by atoms with van der Waals surface area (Å²) >= 11 is 0. The first-order valence-corrected chi connectivity index (χ1v) is 3.95. The van der Waals surface area contributed by atoms with Gasteiger partial charge in [0.25, 0.3) is 0 Å². The topological polar surface area (TPSA) is 83.8 Å². The van der Waals surface area contributed by atoms with E-state index >= 15 is 0 Å². The van der Waals surface area contributed by atoms with Gasteiger partial charge >= 0.3 is 5.97 Å². The number of hydrogen-bond donors (Lipinski definition) is 2. The number of carbonyl (C=O) groups is 1. The number of nitrogens with zero attached hydrogens (tertiary/aromatic N) is 3. The predicted octanol–water partition coefficient (Wildman–Crippen LogP) is 0.508. The lowest BCUT2D eigenvalue weighted by Crippen LogP contribution is -2.00. The number of aryl methyl sites for hydroxylation is 1. The highest BCUT2D eigenvalue weighted by molar-refractivity contribution is 5.94. The van der Waals surface area contributed by atoms with Crippen molar-refractivity contribution >= 4 is 5.97 Å². The van der Waals surface area contributed by atoms with E-state index in [2.05, 4.69) is 15.3 Å². The van der Waals surface area contributed by atoms with Crippen molar-refractivity contribution in [2.24, 2.45) is 7.05 Å². The van der Waals surface area contributed by atoms with Crippen LogP contribution in [0.4, 0.5) is 0 Å². The molecule has 0 radical (unpaired) electrons. The first-order chi connectivity index (χ1) is 6.70. The van der Waals surface area contributed by atoms with Crippen molar-refractivity contribution in [1.82, 2.24) is 20.0 Å². The summed E-state index contributed by atoms with van der Waals surface area (Å²) in [7, 11) is 1.68. The zero-order valence-corrected chi connectivity index (χ0v) is 7.43. The summed E-state index contributed by atoms with van der Waals surface area (Å²) in [5.41, 5.74) is 1.33. The van der Waals surface area contributed by atoms with Gasteiger partial charge in [0, 0.05) is 13.2 Å². The molecule has 0 saturated heterocycles. The van der Waals surface area contributed by atoms with Crippen LogP contribution in [0.3, 0.4) is 0 Å². The van der Waals surface area contributed by atoms with Gasteiger partial charge < -0.3 is 5.11 Å². The van der Waals surface area contributed by atoms with E-state index in [9.17, 15) is 4.79 Å². The van der Waals surface area contributed by atoms with E-state index < -0.39 is 5.97 Å². The summed E-state index contributed by atoms with van der Waals surface area (Å²) in [4.78, 5) is 10.8. The Kier molecular flexibility index (Phi) is 1.81. The molecule has 0 fully saturated rings. The van der Waals surface area contributed by atoms with Gasteiger partial charge in [-0.1, -0.05) is 0 Å². The Balaban J connectivity index is 2.62. The van der Waals surface area contributed by atoms with Gasteiger partial charge in [-0.25, -0.2) is 4.79 Å². The van der Waals surface area contributed by atoms with E-state index in [1.165, 1.54) is 10.9 Å². The molecule has 0 amide bonds. The maximum Gasteiger partial charge on any atom is 0.339 e. The van der Waals surface area contributed by atoms with Crippen molar-refractivity contribution < 1.29 is 9.90 Å². The number of aromatic amines is 1. The van der Waals surface area contributed by atoms with Crippen LogP contribution in [0, 0.1) is 0 Å². The van der Waals surface area contributed by atoms with E-state index in [0.29, 0.717) is 11.4 Å². The Hall–Kier alpha value is -2.11. The summed E-state index contributed by atoms with van der Waals surface area (Å²) in [5.74, 6) is -0.997. The van der Waals surface area contributed by atoms with Gasteiger partial charge in [0.2, 0.25) is 0 Å². The molecule has 0 aliphatic rings. The van der Waals surface area contributed by atoms with Gasteiger partial charge in [-0.3, -0.25) is 9.78 Å². The van der Waals surface area contributed by atoms with Gasteiger partial charge in [0.1, 0.15) is 11.3 Å². The number of carboxylic acids is 1. The summed E-state index contributed by atoms with van der Waals surface area (Å²) in [6, 6.07) is 1.70. The van der Waals surface area contributed by atoms with Crippen molar-refractivity contribution in [3.63, 3.8) is 0 Å². The van der Waals surface area contributed by atoms with Gasteiger partial charge in [0.15, 0.2) is 0 Å². The number of hydrogen-bond acceptors (Lipinski definition) is 3. The Bertz CT molecular complexity index is 458. The Morgan fingerprint density at radius 2 is 2.43 bits per heavy atom. The lowest BCUT2D eigenvalue weighted by molar-refractivity contribution is 0.0697. The SMILES string of the molecule is Cn1ncc(C(=O)O)c1-c1ccn[nH]1. The highest BCUT2D eigenvalue weighted by Gasteiger charge is 2.17. The molecule has 0 unspecified atom stereocenters. The van der Waals surface area contributed by atoms with E-state index in [4.69, 9.17) is 5.11 Å². The van der Waals surface area contributed by atoms with Gasteiger partial charge in [-0.05, 0) is 6.07 Å². The first kappa shape index (κ1) is 8.49. The lowest BCUT2D eigenvalue weighted by Gasteiger charge is -1.99. The van der Waals surface area contributed by atoms with E-state index in [1.54, 1.807) is 19.3 Å². The minimum absolute atomic E-state index is 0.164. The molecule has 0 aliphatic carbocycles. The average Bonchev–Trinajstić information content (AvgIpc) is 2.71. The lowest BCUT2D eigenvalue weighted by atomic mass is 10.2. The molecule has 0 spiro atoms. The smallest absolute Gasteiger partial charge is 0.339 e. The molecule has 6 nitrogen and oxygen atoms in total. The van der Waals surface area contributed by atoms with Crippen LogP contribution in [0.25, 0.3) is 11.4 Å². The third-order valence-electron chi connectivity index (χ3n) is 1.93. The second-order valence-electron chi connectivity index (χ2n) is 2.81. The summed E-state index contributed by atoms with van der Waals surface area (Å²) in [5, 5.41) is 19.2. The van der Waals surface area contributed by atoms with E-state index in [-0.39, 0.29) is 5.56 Å². The summed E-state index contributed by atoms with van der Waals surface area (Å²) in [6.07, 6.45) is 2.88. The minimum atomic E-state index is -0.997. The van der Waals surface area contributed by atoms with Crippen molar-refractivity contribution in [3.05, 3.63) is 24.0 Å². The minimum Gasteiger partial charge on any atom is -0.478 e. The van der Waals surface area contributed by atoms with Gasteiger partial charge in [-0.15, -0.1) is 0 Å². The van der Waals surface area contributed by atoms with Crippen LogP contribution < -0.4 is 0 Å². The zero-order valence-electron chi connectivity index (χ0n) is 7.43. The van der Waals surface area contributed by atoms with Crippen molar-refractivity contribution in [2.75, 3.05) is 0 Å². The first-order valence-electron chi connectivity index (χ1n) is 3.95. The molecule has 2 rings (SSSR count). The third-order valence-corrected chi connectivity index (χ3v) is 1.93. The van der Waals surface area contributed by atoms with Gasteiger partial charge in [-0.2, -0.15) is 10.2 Å². The monoisotopic (exact) mass is 192 g/mol. The van der Waals surface area contributed by atoms with Crippen LogP contribution in [0.1, 0.15) is 10.4 Å². The maximum absolute atomic E-state index is 10.8. The zero-order chi connectivity index (χ0) is 10.1. The fourth-order valence-electron chi connectivity index (χ4n) is 1.30. The van der Waals surface area contributed by atoms with Crippen LogP contribution in [0.15, 0.2) is 18.5 Å². The molecule has 6 heteroatoms. The standard InChI is InChI=1S/C8H8N4O2/c1-12-7(6-2-3-9-11-6)5(4-10-12)8(13)14/h2-4H,1H3,(H,9,11)(H,13,14). The molecule has 2 aromatic heterocycles. The van der Waals surface area contributed by atoms with Crippen molar-refractivity contribution in [1.29, 1.82) is 0 Å². The third kappa shape index (κ3) is 1.17. The molecule has 2 aromatic rings. The molecular formula is C8H8N4O2. The van der Waals surface area contributed by atoms with Crippen molar-refractivity contribution in [3.8, 4) is 11.4 Å². The Morgan fingerprint density at radius 3 is 3.00 bits per heavy atom. The number of H-pyrrole nitrogens is 1. The fourth-order valence-corrected chi connectivity index (χ4v) is 1.30. The quantitative estimate of drug-likeness (QED) is 0.726. The maximum atomic E-state index is 10.8. The molecule has 2 heterocycles. The van der Waals surface area contributed by atoms with Crippen molar-refractivity contribution in [2.45, 2.75) is 0 Å². The number of nitrogens with one attached hydrogen (secondary N) is 1. The fraction of sp³-hybridized carbons (Fsp3) is 0.125. The number of rotatable bonds is 2. The molecule has 0 aromatic carbocycles. The van der Waals surface area contributed by atoms with Crippen LogP contribution in [-0.4, -0.2) is 31.1 Å². The molecule has 14 heavy (non-hydrogen) atoms. The Morgan fingerprint density at radius 1 is 1.64 bits per heavy atom. The number of aromatic nitrogens is 4. The molecule has 2 N–H and O–H groups in total. The van der Waals surface area contributed by atoms with Crippen LogP contribution in [0.5, 0.6) is 0 Å². The molecular weight excluding hydrogens is 184 g/mol. The van der Waals surface area contributed by atoms with E-state index in [0.717, 1.165) is 0 Å². The molecule has 72 valence electrons. The van der Waals surface area contributed by atoms with Crippen LogP contribution in [0.2, 0.25) is 0 Å². The second-order valence-corrected chi connectivity index (χ2v) is 2.81. The molecule has 0 aliphatic heterocycles. The van der Waals surface area contributed by atoms with Gasteiger partial charge in [0.05, 0.1) is 11.9 Å². The molecule has 0 saturated carbocycles. The average molecular weight is 192 g/mol. The second kappa shape index (κ2) is 2.99. The van der Waals surface area contributed by atoms with E-state index in [1.807, 2.05) is 0 Å². The van der Waals surface area contributed by atoms with Crippen LogP contribution >= 0.6 is 0 Å². The molecule has 0 bridgehead atoms. The molecule has 0 atom stereocenters.